The van der Waals surface area contributed by atoms with Crippen LogP contribution in [0.15, 0.2) is 84.9 Å². The molecule has 0 aliphatic carbocycles. The Kier molecular flexibility index (Phi) is 20.0. The molecule has 24 nitrogen and oxygen atoms in total. The van der Waals surface area contributed by atoms with Gasteiger partial charge in [0, 0.05) is 48.7 Å². The Balaban J connectivity index is 1.35. The molecule has 0 aromatic heterocycles. The van der Waals surface area contributed by atoms with Crippen LogP contribution in [0.25, 0.3) is 0 Å². The molecule has 80 heavy (non-hydrogen) atoms. The van der Waals surface area contributed by atoms with E-state index in [-0.39, 0.29) is 11.1 Å². The molecule has 25 heteroatoms. The van der Waals surface area contributed by atoms with Gasteiger partial charge < -0.3 is 75.8 Å². The maximum absolute atomic E-state index is 14.5. The second kappa shape index (κ2) is 26.3. The van der Waals surface area contributed by atoms with Crippen LogP contribution in [-0.2, 0) is 99.5 Å². The molecule has 5 aliphatic heterocycles. The minimum Gasteiger partial charge on any atom is -0.459 e. The van der Waals surface area contributed by atoms with Gasteiger partial charge in [0.15, 0.2) is 61.6 Å². The molecule has 3 aromatic rings. The fraction of sp³-hybridized carbons (Fsp3) is 0.527. The predicted molar refractivity (Wildman–Crippen MR) is 273 cm³/mol. The number of methoxy groups -OCH3 is 1. The summed E-state index contributed by atoms with van der Waals surface area (Å²) in [6.45, 7) is 10.6. The molecular weight excluding hydrogens is 1070 g/mol. The highest BCUT2D eigenvalue weighted by atomic mass is 28.4. The molecule has 0 radical (unpaired) electrons. The van der Waals surface area contributed by atoms with Crippen LogP contribution in [0.1, 0.15) is 83.0 Å². The molecule has 8 rings (SSSR count). The topological polar surface area (TPSA) is 295 Å². The largest absolute Gasteiger partial charge is 0.459 e. The zero-order valence-corrected chi connectivity index (χ0v) is 46.7. The third-order valence-corrected chi connectivity index (χ3v) is 18.4. The first-order chi connectivity index (χ1) is 37.9. The van der Waals surface area contributed by atoms with Crippen LogP contribution in [0.4, 0.5) is 0 Å². The minimum absolute atomic E-state index is 0.358. The summed E-state index contributed by atoms with van der Waals surface area (Å²) in [4.78, 5) is 106. The van der Waals surface area contributed by atoms with E-state index in [1.807, 2.05) is 81.4 Å². The SMILES string of the molecule is CO[C@H]1O[C@@H]2CO[C@H]3O[C@H](COC(=O)c4ccccc4C(=O)O[C@H]1[C@@H](O[C@H]1O[C@H](CO[Si](c4ccccc4)(c4ccccc4)C(C)(C)C)[C@@H](OC(C)=O)[C@H](OC(C)=O)[C@@H]1OC(C)=O)C2O)[C@@H](OC(C)=O)[C@H](OC(C)=O)[C@@H]3OC(C)=O. The Hall–Kier alpha value is -6.68. The van der Waals surface area contributed by atoms with Crippen LogP contribution in [0.5, 0.6) is 0 Å². The number of esters is 8. The smallest absolute Gasteiger partial charge is 0.339 e. The summed E-state index contributed by atoms with van der Waals surface area (Å²) in [5.74, 6) is -7.78. The maximum Gasteiger partial charge on any atom is 0.339 e. The summed E-state index contributed by atoms with van der Waals surface area (Å²) in [6.07, 6.45) is -25.7. The summed E-state index contributed by atoms with van der Waals surface area (Å²) in [7, 11) is -2.28. The monoisotopic (exact) mass is 1140 g/mol. The lowest BCUT2D eigenvalue weighted by Crippen LogP contribution is -2.69. The van der Waals surface area contributed by atoms with Gasteiger partial charge >= 0.3 is 47.8 Å². The Labute approximate surface area is 461 Å². The lowest BCUT2D eigenvalue weighted by Gasteiger charge is -2.49. The van der Waals surface area contributed by atoms with E-state index >= 15 is 0 Å². The summed E-state index contributed by atoms with van der Waals surface area (Å²) >= 11 is 0. The molecule has 1 unspecified atom stereocenters. The quantitative estimate of drug-likeness (QED) is 0.137. The number of carbonyl (C=O) groups excluding carboxylic acids is 8. The molecular formula is C55H66O24Si. The second-order valence-electron chi connectivity index (χ2n) is 20.2. The highest BCUT2D eigenvalue weighted by Gasteiger charge is 2.59. The van der Waals surface area contributed by atoms with E-state index < -0.39 is 173 Å². The average molecular weight is 1140 g/mol. The molecule has 434 valence electrons. The van der Waals surface area contributed by atoms with Gasteiger partial charge in [-0.3, -0.25) is 28.8 Å². The number of fused-ring (bicyclic) bond motifs is 6. The van der Waals surface area contributed by atoms with Crippen molar-refractivity contribution in [3.05, 3.63) is 96.1 Å². The zero-order chi connectivity index (χ0) is 58.2. The summed E-state index contributed by atoms with van der Waals surface area (Å²) in [6, 6.07) is 24.3. The molecule has 0 saturated carbocycles. The van der Waals surface area contributed by atoms with Gasteiger partial charge in [-0.2, -0.15) is 0 Å². The Bertz CT molecular complexity index is 2660. The summed E-state index contributed by atoms with van der Waals surface area (Å²) in [5, 5.41) is 13.7. The van der Waals surface area contributed by atoms with Crippen LogP contribution >= 0.6 is 0 Å². The maximum atomic E-state index is 14.5. The van der Waals surface area contributed by atoms with Crippen molar-refractivity contribution in [1.29, 1.82) is 0 Å². The van der Waals surface area contributed by atoms with Crippen LogP contribution in [0.2, 0.25) is 5.04 Å². The highest BCUT2D eigenvalue weighted by molar-refractivity contribution is 6.99. The molecule has 3 fully saturated rings. The van der Waals surface area contributed by atoms with Gasteiger partial charge in [-0.25, -0.2) is 9.59 Å². The van der Waals surface area contributed by atoms with Crippen LogP contribution in [0.3, 0.4) is 0 Å². The lowest BCUT2D eigenvalue weighted by molar-refractivity contribution is -0.363. The number of aliphatic hydroxyl groups excluding tert-OH is 1. The van der Waals surface area contributed by atoms with E-state index in [0.717, 1.165) is 51.9 Å². The van der Waals surface area contributed by atoms with Gasteiger partial charge in [-0.05, 0) is 27.5 Å². The minimum atomic E-state index is -3.45. The van der Waals surface area contributed by atoms with E-state index in [0.29, 0.717) is 0 Å². The third-order valence-electron chi connectivity index (χ3n) is 13.4. The van der Waals surface area contributed by atoms with Crippen molar-refractivity contribution in [3.63, 3.8) is 0 Å². The van der Waals surface area contributed by atoms with Gasteiger partial charge in [-0.1, -0.05) is 93.6 Å². The van der Waals surface area contributed by atoms with Crippen molar-refractivity contribution in [2.45, 2.75) is 159 Å². The van der Waals surface area contributed by atoms with Crippen molar-refractivity contribution in [2.24, 2.45) is 0 Å². The molecule has 3 aromatic carbocycles. The number of hydrogen-bond donors (Lipinski definition) is 1. The second-order valence-corrected chi connectivity index (χ2v) is 24.5. The first-order valence-corrected chi connectivity index (χ1v) is 27.5. The molecule has 1 N–H and O–H groups in total. The van der Waals surface area contributed by atoms with Crippen molar-refractivity contribution in [2.75, 3.05) is 26.9 Å². The highest BCUT2D eigenvalue weighted by Crippen LogP contribution is 2.40. The lowest BCUT2D eigenvalue weighted by atomic mass is 9.95. The van der Waals surface area contributed by atoms with Gasteiger partial charge in [0.2, 0.25) is 0 Å². The standard InChI is InChI=1S/C55H66O24Si/c1-28(56)69-42-39-26-66-50(63)36-23-17-18-24-37(36)51(64)78-47-44(41(62)38(75-52(47)65-10)25-67-53(76-39)48(73-32(5)60)45(42)71-30(3)58)79-54-49(74-33(6)61)46(72-31(4)59)43(70-29(2)57)40(77-54)27-68-80(55(7,8)9,34-19-13-11-14-20-34)35-21-15-12-16-22-35/h11-24,38-49,52-54,62H,25-27H2,1-10H3/t38-,39-,40-,41?,42-,43-,44+,45+,46+,47+,48+,49+,52+,53+,54-/m1/s1. The molecule has 0 amide bonds. The molecule has 0 spiro atoms. The molecule has 15 atom stereocenters. The Morgan fingerprint density at radius 3 is 1.55 bits per heavy atom. The van der Waals surface area contributed by atoms with Crippen molar-refractivity contribution in [1.82, 2.24) is 0 Å². The van der Waals surface area contributed by atoms with Crippen molar-refractivity contribution >= 4 is 66.4 Å². The number of ether oxygens (including phenoxy) is 14. The third kappa shape index (κ3) is 13.9. The Morgan fingerprint density at radius 1 is 0.550 bits per heavy atom. The molecule has 5 aliphatic rings. The van der Waals surface area contributed by atoms with E-state index in [2.05, 4.69) is 0 Å². The van der Waals surface area contributed by atoms with Crippen LogP contribution < -0.4 is 10.4 Å². The Morgan fingerprint density at radius 2 is 1.02 bits per heavy atom. The van der Waals surface area contributed by atoms with E-state index in [1.165, 1.54) is 31.4 Å². The summed E-state index contributed by atoms with van der Waals surface area (Å²) in [5.41, 5.74) is -0.737. The van der Waals surface area contributed by atoms with Gasteiger partial charge in [-0.15, -0.1) is 0 Å². The summed E-state index contributed by atoms with van der Waals surface area (Å²) < 4.78 is 91.0. The fourth-order valence-electron chi connectivity index (χ4n) is 10.3. The van der Waals surface area contributed by atoms with Crippen molar-refractivity contribution in [3.8, 4) is 0 Å². The number of rotatable bonds is 14. The number of hydrogen-bond acceptors (Lipinski definition) is 24. The number of aliphatic hydroxyl groups is 1. The predicted octanol–water partition coefficient (Wildman–Crippen LogP) is 2.13. The first kappa shape index (κ1) is 60.9. The molecule has 5 heterocycles. The first-order valence-electron chi connectivity index (χ1n) is 25.6. The average Bonchev–Trinajstić information content (AvgIpc) is 3.41. The molecule has 3 saturated heterocycles. The zero-order valence-electron chi connectivity index (χ0n) is 45.7. The van der Waals surface area contributed by atoms with Crippen LogP contribution in [0, 0.1) is 0 Å². The number of benzene rings is 3. The van der Waals surface area contributed by atoms with E-state index in [9.17, 15) is 43.5 Å². The number of carbonyl (C=O) groups is 8. The van der Waals surface area contributed by atoms with Crippen molar-refractivity contribution < 1.29 is 114 Å². The van der Waals surface area contributed by atoms with Gasteiger partial charge in [0.1, 0.15) is 37.1 Å². The molecule has 4 bridgehead atoms. The normalized spacial score (nSPS) is 30.0. The fourth-order valence-corrected chi connectivity index (χ4v) is 14.9. The van der Waals surface area contributed by atoms with Gasteiger partial charge in [0.25, 0.3) is 8.32 Å². The van der Waals surface area contributed by atoms with Crippen LogP contribution in [-0.4, -0.2) is 180 Å². The van der Waals surface area contributed by atoms with Gasteiger partial charge in [0.05, 0.1) is 24.3 Å². The van der Waals surface area contributed by atoms with E-state index in [1.54, 1.807) is 0 Å². The van der Waals surface area contributed by atoms with E-state index in [4.69, 9.17) is 70.7 Å².